The molecule has 0 amide bonds. The lowest BCUT2D eigenvalue weighted by molar-refractivity contribution is 0.0902. The number of hydrogen-bond acceptors (Lipinski definition) is 3. The number of benzene rings is 1. The molecule has 0 saturated heterocycles. The van der Waals surface area contributed by atoms with Gasteiger partial charge in [0.05, 0.1) is 12.6 Å². The molecule has 0 spiro atoms. The van der Waals surface area contributed by atoms with Crippen molar-refractivity contribution in [3.63, 3.8) is 0 Å². The van der Waals surface area contributed by atoms with E-state index in [1.165, 1.54) is 18.2 Å². The highest BCUT2D eigenvalue weighted by atomic mass is 19.1. The van der Waals surface area contributed by atoms with Gasteiger partial charge >= 0.3 is 0 Å². The second-order valence-corrected chi connectivity index (χ2v) is 2.40. The first-order valence-corrected chi connectivity index (χ1v) is 3.55. The molecule has 0 aliphatic heterocycles. The van der Waals surface area contributed by atoms with Crippen molar-refractivity contribution < 1.29 is 14.7 Å². The maximum Gasteiger partial charge on any atom is 0.129 e. The van der Waals surface area contributed by atoms with E-state index in [-0.39, 0.29) is 12.1 Å². The topological polar surface area (TPSA) is 52.5 Å². The van der Waals surface area contributed by atoms with Gasteiger partial charge in [-0.15, -0.1) is 0 Å². The Morgan fingerprint density at radius 2 is 2.08 bits per heavy atom. The van der Waals surface area contributed by atoms with Crippen LogP contribution in [-0.4, -0.2) is 16.9 Å². The quantitative estimate of drug-likeness (QED) is 0.590. The van der Waals surface area contributed by atoms with E-state index < -0.39 is 11.9 Å². The summed E-state index contributed by atoms with van der Waals surface area (Å²) >= 11 is 0. The summed E-state index contributed by atoms with van der Waals surface area (Å²) < 4.78 is 12.9. The van der Waals surface area contributed by atoms with Gasteiger partial charge in [0.25, 0.3) is 0 Å². The zero-order valence-corrected chi connectivity index (χ0v) is 6.37. The summed E-state index contributed by atoms with van der Waals surface area (Å²) in [7, 11) is 0. The van der Waals surface area contributed by atoms with Crippen LogP contribution in [0.25, 0.3) is 0 Å². The molecule has 0 aliphatic carbocycles. The zero-order valence-electron chi connectivity index (χ0n) is 6.37. The molecule has 0 heterocycles. The van der Waals surface area contributed by atoms with Gasteiger partial charge < -0.3 is 10.3 Å². The molecule has 0 aliphatic rings. The van der Waals surface area contributed by atoms with E-state index in [1.807, 2.05) is 0 Å². The summed E-state index contributed by atoms with van der Waals surface area (Å²) in [6.45, 7) is -0.0824. The molecule has 1 atom stereocenters. The molecule has 0 radical (unpaired) electrons. The maximum atomic E-state index is 12.9. The average Bonchev–Trinajstić information content (AvgIpc) is 2.05. The number of aliphatic hydroxyl groups excluding tert-OH is 1. The SMILES string of the molecule is ONCC(O)c1ccccc1F. The average molecular weight is 171 g/mol. The van der Waals surface area contributed by atoms with Crippen molar-refractivity contribution >= 4 is 0 Å². The Hall–Kier alpha value is -0.970. The van der Waals surface area contributed by atoms with Crippen LogP contribution in [0.15, 0.2) is 24.3 Å². The van der Waals surface area contributed by atoms with E-state index in [4.69, 9.17) is 5.21 Å². The molecule has 0 fully saturated rings. The molecule has 1 rings (SSSR count). The van der Waals surface area contributed by atoms with E-state index >= 15 is 0 Å². The first-order valence-electron chi connectivity index (χ1n) is 3.55. The van der Waals surface area contributed by atoms with Crippen molar-refractivity contribution in [2.45, 2.75) is 6.10 Å². The van der Waals surface area contributed by atoms with Gasteiger partial charge in [0.1, 0.15) is 5.82 Å². The van der Waals surface area contributed by atoms with Crippen molar-refractivity contribution in [3.05, 3.63) is 35.6 Å². The first-order chi connectivity index (χ1) is 5.75. The number of halogens is 1. The summed E-state index contributed by atoms with van der Waals surface area (Å²) in [6, 6.07) is 5.89. The number of nitrogens with one attached hydrogen (secondary N) is 1. The van der Waals surface area contributed by atoms with Gasteiger partial charge in [-0.25, -0.2) is 9.87 Å². The van der Waals surface area contributed by atoms with Crippen molar-refractivity contribution in [1.29, 1.82) is 0 Å². The molecule has 0 saturated carbocycles. The lowest BCUT2D eigenvalue weighted by Gasteiger charge is -2.09. The van der Waals surface area contributed by atoms with E-state index in [0.29, 0.717) is 0 Å². The molecule has 1 aromatic rings. The van der Waals surface area contributed by atoms with Gasteiger partial charge in [-0.2, -0.15) is 0 Å². The van der Waals surface area contributed by atoms with Crippen molar-refractivity contribution in [3.8, 4) is 0 Å². The minimum atomic E-state index is -1.02. The van der Waals surface area contributed by atoms with Crippen LogP contribution >= 0.6 is 0 Å². The van der Waals surface area contributed by atoms with Crippen molar-refractivity contribution in [1.82, 2.24) is 5.48 Å². The van der Waals surface area contributed by atoms with Gasteiger partial charge in [-0.3, -0.25) is 0 Å². The molecule has 1 unspecified atom stereocenters. The highest BCUT2D eigenvalue weighted by Gasteiger charge is 2.10. The van der Waals surface area contributed by atoms with E-state index in [1.54, 1.807) is 11.5 Å². The van der Waals surface area contributed by atoms with Crippen molar-refractivity contribution in [2.24, 2.45) is 0 Å². The molecule has 1 aromatic carbocycles. The van der Waals surface area contributed by atoms with Crippen LogP contribution in [0.5, 0.6) is 0 Å². The van der Waals surface area contributed by atoms with Crippen LogP contribution in [0, 0.1) is 5.82 Å². The van der Waals surface area contributed by atoms with Crippen LogP contribution in [0.4, 0.5) is 4.39 Å². The third-order valence-electron chi connectivity index (χ3n) is 1.55. The molecule has 0 aromatic heterocycles. The fourth-order valence-electron chi connectivity index (χ4n) is 0.942. The van der Waals surface area contributed by atoms with Crippen molar-refractivity contribution in [2.75, 3.05) is 6.54 Å². The molecule has 3 N–H and O–H groups in total. The van der Waals surface area contributed by atoms with Crippen LogP contribution in [0.1, 0.15) is 11.7 Å². The predicted molar refractivity (Wildman–Crippen MR) is 41.1 cm³/mol. The zero-order chi connectivity index (χ0) is 8.97. The Bertz CT molecular complexity index is 255. The maximum absolute atomic E-state index is 12.9. The highest BCUT2D eigenvalue weighted by Crippen LogP contribution is 2.15. The Morgan fingerprint density at radius 1 is 1.42 bits per heavy atom. The standard InChI is InChI=1S/C8H10FNO2/c9-7-4-2-1-3-6(7)8(11)5-10-12/h1-4,8,10-12H,5H2. The van der Waals surface area contributed by atoms with Crippen LogP contribution < -0.4 is 5.48 Å². The van der Waals surface area contributed by atoms with Crippen LogP contribution in [0.2, 0.25) is 0 Å². The third kappa shape index (κ3) is 2.01. The van der Waals surface area contributed by atoms with Crippen LogP contribution in [-0.2, 0) is 0 Å². The number of hydroxylamine groups is 1. The van der Waals surface area contributed by atoms with Gasteiger partial charge in [-0.1, -0.05) is 18.2 Å². The van der Waals surface area contributed by atoms with E-state index in [9.17, 15) is 9.50 Å². The summed E-state index contributed by atoms with van der Waals surface area (Å²) in [5.74, 6) is -0.472. The molecular weight excluding hydrogens is 161 g/mol. The third-order valence-corrected chi connectivity index (χ3v) is 1.55. The first kappa shape index (κ1) is 9.12. The van der Waals surface area contributed by atoms with Gasteiger partial charge in [0.15, 0.2) is 0 Å². The molecule has 3 nitrogen and oxygen atoms in total. The largest absolute Gasteiger partial charge is 0.387 e. The highest BCUT2D eigenvalue weighted by molar-refractivity contribution is 5.19. The Labute approximate surface area is 69.4 Å². The molecule has 0 bridgehead atoms. The van der Waals surface area contributed by atoms with Gasteiger partial charge in [0, 0.05) is 5.56 Å². The minimum absolute atomic E-state index is 0.0824. The molecule has 12 heavy (non-hydrogen) atoms. The minimum Gasteiger partial charge on any atom is -0.387 e. The fourth-order valence-corrected chi connectivity index (χ4v) is 0.942. The second-order valence-electron chi connectivity index (χ2n) is 2.40. The summed E-state index contributed by atoms with van der Waals surface area (Å²) in [4.78, 5) is 0. The molecule has 4 heteroatoms. The monoisotopic (exact) mass is 171 g/mol. The summed E-state index contributed by atoms with van der Waals surface area (Å²) in [5.41, 5.74) is 1.96. The Kier molecular flexibility index (Phi) is 3.16. The summed E-state index contributed by atoms with van der Waals surface area (Å²) in [5, 5.41) is 17.5. The number of rotatable bonds is 3. The second kappa shape index (κ2) is 4.15. The van der Waals surface area contributed by atoms with Crippen LogP contribution in [0.3, 0.4) is 0 Å². The number of hydrogen-bond donors (Lipinski definition) is 3. The number of aliphatic hydroxyl groups is 1. The Balaban J connectivity index is 2.79. The summed E-state index contributed by atoms with van der Waals surface area (Å²) in [6.07, 6.45) is -1.02. The van der Waals surface area contributed by atoms with E-state index in [0.717, 1.165) is 0 Å². The molecular formula is C8H10FNO2. The lowest BCUT2D eigenvalue weighted by Crippen LogP contribution is -2.18. The Morgan fingerprint density at radius 3 is 2.67 bits per heavy atom. The van der Waals surface area contributed by atoms with E-state index in [2.05, 4.69) is 0 Å². The fraction of sp³-hybridized carbons (Fsp3) is 0.250. The predicted octanol–water partition coefficient (Wildman–Crippen LogP) is 0.838. The van der Waals surface area contributed by atoms with Gasteiger partial charge in [0.2, 0.25) is 0 Å². The van der Waals surface area contributed by atoms with Gasteiger partial charge in [-0.05, 0) is 6.07 Å². The smallest absolute Gasteiger partial charge is 0.129 e. The molecule has 66 valence electrons. The normalized spacial score (nSPS) is 12.9. The lowest BCUT2D eigenvalue weighted by atomic mass is 10.1.